The summed E-state index contributed by atoms with van der Waals surface area (Å²) in [5.74, 6) is 0.253. The second-order valence-electron chi connectivity index (χ2n) is 6.70. The van der Waals surface area contributed by atoms with Crippen LogP contribution in [0.15, 0.2) is 29.4 Å². The molecule has 2 rings (SSSR count). The first-order valence-corrected chi connectivity index (χ1v) is 9.50. The summed E-state index contributed by atoms with van der Waals surface area (Å²) in [5, 5.41) is 18.0. The number of tetrazole rings is 1. The Hall–Kier alpha value is -1.64. The van der Waals surface area contributed by atoms with Crippen LogP contribution >= 0.6 is 23.4 Å². The van der Waals surface area contributed by atoms with Crippen molar-refractivity contribution >= 4 is 29.3 Å². The van der Waals surface area contributed by atoms with Gasteiger partial charge in [-0.05, 0) is 55.5 Å². The second-order valence-corrected chi connectivity index (χ2v) is 8.08. The van der Waals surface area contributed by atoms with E-state index < -0.39 is 0 Å². The van der Waals surface area contributed by atoms with Gasteiger partial charge in [-0.2, -0.15) is 4.68 Å². The van der Waals surface area contributed by atoms with E-state index in [1.165, 1.54) is 11.8 Å². The molecule has 1 heterocycles. The minimum Gasteiger partial charge on any atom is -0.355 e. The van der Waals surface area contributed by atoms with Crippen LogP contribution in [0.4, 0.5) is 0 Å². The molecule has 3 N–H and O–H groups in total. The molecule has 7 nitrogen and oxygen atoms in total. The third kappa shape index (κ3) is 7.01. The van der Waals surface area contributed by atoms with Crippen molar-refractivity contribution in [3.8, 4) is 5.69 Å². The molecule has 1 aromatic carbocycles. The summed E-state index contributed by atoms with van der Waals surface area (Å²) in [6, 6.07) is 7.20. The van der Waals surface area contributed by atoms with E-state index in [9.17, 15) is 4.79 Å². The van der Waals surface area contributed by atoms with E-state index in [2.05, 4.69) is 46.9 Å². The standard InChI is InChI=1S/C16H23ClN6OS/c1-16(2,3)19-10-4-9-18-14(24)11-25-15-20-21-22-23(15)13-7-5-12(17)6-8-13/h5-8,19H,4,9-11H2,1-3H3,(H,18,24)/p+1. The summed E-state index contributed by atoms with van der Waals surface area (Å²) in [4.78, 5) is 12.0. The van der Waals surface area contributed by atoms with Crippen LogP contribution in [-0.4, -0.2) is 50.5 Å². The molecular weight excluding hydrogens is 360 g/mol. The molecular formula is C16H24ClN6OS+. The van der Waals surface area contributed by atoms with Crippen LogP contribution in [0.25, 0.3) is 5.69 Å². The van der Waals surface area contributed by atoms with Gasteiger partial charge in [0.15, 0.2) is 0 Å². The van der Waals surface area contributed by atoms with Gasteiger partial charge in [0.1, 0.15) is 0 Å². The fourth-order valence-electron chi connectivity index (χ4n) is 2.06. The summed E-state index contributed by atoms with van der Waals surface area (Å²) in [5.41, 5.74) is 1.02. The lowest BCUT2D eigenvalue weighted by Gasteiger charge is -2.16. The van der Waals surface area contributed by atoms with Gasteiger partial charge in [-0.1, -0.05) is 23.4 Å². The third-order valence-corrected chi connectivity index (χ3v) is 4.48. The van der Waals surface area contributed by atoms with Crippen LogP contribution < -0.4 is 10.6 Å². The lowest BCUT2D eigenvalue weighted by molar-refractivity contribution is -0.717. The van der Waals surface area contributed by atoms with Gasteiger partial charge in [-0.3, -0.25) is 4.79 Å². The first kappa shape index (κ1) is 19.7. The molecule has 9 heteroatoms. The van der Waals surface area contributed by atoms with Gasteiger partial charge in [0, 0.05) is 18.0 Å². The van der Waals surface area contributed by atoms with E-state index in [-0.39, 0.29) is 17.2 Å². The number of carbonyl (C=O) groups excluding carboxylic acids is 1. The predicted octanol–water partition coefficient (Wildman–Crippen LogP) is 1.28. The minimum absolute atomic E-state index is 0.0218. The summed E-state index contributed by atoms with van der Waals surface area (Å²) >= 11 is 7.19. The van der Waals surface area contributed by atoms with E-state index in [1.807, 2.05) is 12.1 Å². The number of quaternary nitrogens is 1. The number of nitrogens with one attached hydrogen (secondary N) is 1. The van der Waals surface area contributed by atoms with Gasteiger partial charge in [-0.25, -0.2) is 0 Å². The topological polar surface area (TPSA) is 89.3 Å². The summed E-state index contributed by atoms with van der Waals surface area (Å²) in [6.07, 6.45) is 0.941. The molecule has 0 atom stereocenters. The van der Waals surface area contributed by atoms with Crippen molar-refractivity contribution in [2.75, 3.05) is 18.8 Å². The molecule has 0 spiro atoms. The Morgan fingerprint density at radius 3 is 2.72 bits per heavy atom. The number of hydrogen-bond donors (Lipinski definition) is 2. The van der Waals surface area contributed by atoms with Crippen molar-refractivity contribution in [2.24, 2.45) is 0 Å². The number of aromatic nitrogens is 4. The molecule has 0 radical (unpaired) electrons. The minimum atomic E-state index is -0.0218. The van der Waals surface area contributed by atoms with E-state index in [1.54, 1.807) is 16.8 Å². The van der Waals surface area contributed by atoms with Crippen LogP contribution in [0.2, 0.25) is 5.02 Å². The van der Waals surface area contributed by atoms with Gasteiger partial charge in [-0.15, -0.1) is 5.10 Å². The first-order chi connectivity index (χ1) is 11.8. The van der Waals surface area contributed by atoms with Gasteiger partial charge in [0.05, 0.1) is 23.5 Å². The highest BCUT2D eigenvalue weighted by atomic mass is 35.5. The van der Waals surface area contributed by atoms with Crippen LogP contribution in [-0.2, 0) is 4.79 Å². The van der Waals surface area contributed by atoms with E-state index in [0.717, 1.165) is 18.7 Å². The number of rotatable bonds is 8. The van der Waals surface area contributed by atoms with Crippen LogP contribution in [0.3, 0.4) is 0 Å². The number of amides is 1. The zero-order valence-electron chi connectivity index (χ0n) is 14.7. The number of halogens is 1. The third-order valence-electron chi connectivity index (χ3n) is 3.30. The zero-order valence-corrected chi connectivity index (χ0v) is 16.3. The van der Waals surface area contributed by atoms with Crippen molar-refractivity contribution in [2.45, 2.75) is 37.9 Å². The maximum absolute atomic E-state index is 12.0. The van der Waals surface area contributed by atoms with E-state index >= 15 is 0 Å². The Morgan fingerprint density at radius 1 is 1.32 bits per heavy atom. The Morgan fingerprint density at radius 2 is 2.04 bits per heavy atom. The first-order valence-electron chi connectivity index (χ1n) is 8.13. The molecule has 0 saturated carbocycles. The van der Waals surface area contributed by atoms with Crippen molar-refractivity contribution in [1.82, 2.24) is 25.5 Å². The molecule has 0 aliphatic heterocycles. The molecule has 0 saturated heterocycles. The molecule has 1 amide bonds. The highest BCUT2D eigenvalue weighted by Gasteiger charge is 2.13. The molecule has 0 unspecified atom stereocenters. The monoisotopic (exact) mass is 383 g/mol. The summed E-state index contributed by atoms with van der Waals surface area (Å²) < 4.78 is 1.59. The maximum Gasteiger partial charge on any atom is 0.230 e. The number of hydrogen-bond acceptors (Lipinski definition) is 5. The largest absolute Gasteiger partial charge is 0.355 e. The quantitative estimate of drug-likeness (QED) is 0.529. The number of carbonyl (C=O) groups is 1. The molecule has 136 valence electrons. The molecule has 0 aliphatic carbocycles. The average molecular weight is 384 g/mol. The normalized spacial score (nSPS) is 11.5. The Kier molecular flexibility index (Phi) is 7.22. The van der Waals surface area contributed by atoms with E-state index in [0.29, 0.717) is 16.7 Å². The number of nitrogens with two attached hydrogens (primary N) is 1. The lowest BCUT2D eigenvalue weighted by Crippen LogP contribution is -2.94. The molecule has 0 bridgehead atoms. The van der Waals surface area contributed by atoms with Crippen molar-refractivity contribution in [3.05, 3.63) is 29.3 Å². The fourth-order valence-corrected chi connectivity index (χ4v) is 2.91. The van der Waals surface area contributed by atoms with Crippen molar-refractivity contribution in [1.29, 1.82) is 0 Å². The molecule has 0 fully saturated rings. The zero-order chi connectivity index (χ0) is 18.3. The SMILES string of the molecule is CC(C)(C)[NH2+]CCCNC(=O)CSc1nnnn1-c1ccc(Cl)cc1. The van der Waals surface area contributed by atoms with E-state index in [4.69, 9.17) is 11.6 Å². The van der Waals surface area contributed by atoms with Crippen LogP contribution in [0, 0.1) is 0 Å². The molecule has 1 aromatic heterocycles. The molecule has 25 heavy (non-hydrogen) atoms. The van der Waals surface area contributed by atoms with Gasteiger partial charge >= 0.3 is 0 Å². The summed E-state index contributed by atoms with van der Waals surface area (Å²) in [6.45, 7) is 8.19. The smallest absolute Gasteiger partial charge is 0.230 e. The Bertz CT molecular complexity index is 683. The fraction of sp³-hybridized carbons (Fsp3) is 0.500. The Labute approximate surface area is 156 Å². The number of benzene rings is 1. The molecule has 2 aromatic rings. The van der Waals surface area contributed by atoms with Gasteiger partial charge in [0.25, 0.3) is 0 Å². The average Bonchev–Trinajstić information content (AvgIpc) is 3.01. The maximum atomic E-state index is 12.0. The molecule has 0 aliphatic rings. The lowest BCUT2D eigenvalue weighted by atomic mass is 10.1. The van der Waals surface area contributed by atoms with Crippen molar-refractivity contribution in [3.63, 3.8) is 0 Å². The number of nitrogens with zero attached hydrogens (tertiary/aromatic N) is 4. The van der Waals surface area contributed by atoms with Crippen LogP contribution in [0.1, 0.15) is 27.2 Å². The second kappa shape index (κ2) is 9.17. The highest BCUT2D eigenvalue weighted by Crippen LogP contribution is 2.19. The highest BCUT2D eigenvalue weighted by molar-refractivity contribution is 7.99. The predicted molar refractivity (Wildman–Crippen MR) is 99.1 cm³/mol. The van der Waals surface area contributed by atoms with Crippen molar-refractivity contribution < 1.29 is 10.1 Å². The number of thioether (sulfide) groups is 1. The summed E-state index contributed by atoms with van der Waals surface area (Å²) in [7, 11) is 0. The van der Waals surface area contributed by atoms with Crippen LogP contribution in [0.5, 0.6) is 0 Å². The Balaban J connectivity index is 1.75. The van der Waals surface area contributed by atoms with Gasteiger partial charge in [0.2, 0.25) is 11.1 Å². The van der Waals surface area contributed by atoms with Gasteiger partial charge < -0.3 is 10.6 Å².